The van der Waals surface area contributed by atoms with Crippen molar-refractivity contribution in [1.82, 2.24) is 15.1 Å². The molecular formula is C18H20FN3O4. The molecule has 0 spiro atoms. The largest absolute Gasteiger partial charge is 0.480 e. The van der Waals surface area contributed by atoms with Crippen molar-refractivity contribution in [2.45, 2.75) is 32.9 Å². The van der Waals surface area contributed by atoms with Crippen LogP contribution >= 0.6 is 0 Å². The third-order valence-corrected chi connectivity index (χ3v) is 4.11. The second-order valence-electron chi connectivity index (χ2n) is 5.96. The van der Waals surface area contributed by atoms with Gasteiger partial charge in [0, 0.05) is 11.6 Å². The van der Waals surface area contributed by atoms with Gasteiger partial charge in [0.15, 0.2) is 0 Å². The van der Waals surface area contributed by atoms with Gasteiger partial charge in [-0.3, -0.25) is 9.59 Å². The molecule has 0 saturated carbocycles. The van der Waals surface area contributed by atoms with Crippen LogP contribution in [-0.4, -0.2) is 32.8 Å². The number of aromatic nitrogens is 2. The minimum atomic E-state index is -1.15. The lowest BCUT2D eigenvalue weighted by Gasteiger charge is -2.20. The summed E-state index contributed by atoms with van der Waals surface area (Å²) < 4.78 is 14.8. The van der Waals surface area contributed by atoms with Gasteiger partial charge in [0.1, 0.15) is 18.4 Å². The first-order chi connectivity index (χ1) is 12.3. The number of benzene rings is 1. The number of carbonyl (C=O) groups is 2. The highest BCUT2D eigenvalue weighted by Crippen LogP contribution is 2.18. The van der Waals surface area contributed by atoms with E-state index in [-0.39, 0.29) is 17.2 Å². The molecule has 26 heavy (non-hydrogen) atoms. The van der Waals surface area contributed by atoms with Gasteiger partial charge in [-0.05, 0) is 24.1 Å². The zero-order chi connectivity index (χ0) is 19.3. The Morgan fingerprint density at radius 2 is 1.96 bits per heavy atom. The molecule has 1 heterocycles. The summed E-state index contributed by atoms with van der Waals surface area (Å²) in [5.41, 5.74) is -0.146. The summed E-state index contributed by atoms with van der Waals surface area (Å²) in [5, 5.41) is 15.6. The minimum Gasteiger partial charge on any atom is -0.480 e. The summed E-state index contributed by atoms with van der Waals surface area (Å²) in [5.74, 6) is -2.57. The van der Waals surface area contributed by atoms with Crippen LogP contribution in [0.4, 0.5) is 4.39 Å². The van der Waals surface area contributed by atoms with E-state index in [1.165, 1.54) is 30.3 Å². The van der Waals surface area contributed by atoms with E-state index in [0.717, 1.165) is 4.68 Å². The maximum atomic E-state index is 13.9. The van der Waals surface area contributed by atoms with E-state index in [1.54, 1.807) is 13.0 Å². The maximum Gasteiger partial charge on any atom is 0.326 e. The van der Waals surface area contributed by atoms with Gasteiger partial charge < -0.3 is 10.4 Å². The van der Waals surface area contributed by atoms with Crippen molar-refractivity contribution < 1.29 is 19.1 Å². The van der Waals surface area contributed by atoms with Crippen LogP contribution in [0, 0.1) is 11.7 Å². The second kappa shape index (κ2) is 8.37. The number of hydrogen-bond acceptors (Lipinski definition) is 4. The van der Waals surface area contributed by atoms with Crippen LogP contribution in [0.1, 0.15) is 20.3 Å². The lowest BCUT2D eigenvalue weighted by atomic mass is 9.99. The van der Waals surface area contributed by atoms with E-state index in [4.69, 9.17) is 0 Å². The van der Waals surface area contributed by atoms with Crippen molar-refractivity contribution >= 4 is 11.9 Å². The van der Waals surface area contributed by atoms with Gasteiger partial charge in [0.05, 0.1) is 5.69 Å². The molecule has 0 aliphatic carbocycles. The summed E-state index contributed by atoms with van der Waals surface area (Å²) >= 11 is 0. The Morgan fingerprint density at radius 3 is 2.58 bits per heavy atom. The number of rotatable bonds is 7. The topological polar surface area (TPSA) is 101 Å². The van der Waals surface area contributed by atoms with Crippen LogP contribution in [0.3, 0.4) is 0 Å². The number of nitrogens with one attached hydrogen (secondary N) is 1. The monoisotopic (exact) mass is 361 g/mol. The van der Waals surface area contributed by atoms with E-state index in [1.807, 2.05) is 6.92 Å². The fraction of sp³-hybridized carbons (Fsp3) is 0.333. The molecule has 2 aromatic rings. The zero-order valence-corrected chi connectivity index (χ0v) is 14.5. The molecule has 1 amide bonds. The van der Waals surface area contributed by atoms with Gasteiger partial charge in [-0.1, -0.05) is 32.4 Å². The summed E-state index contributed by atoms with van der Waals surface area (Å²) in [4.78, 5) is 35.4. The first-order valence-corrected chi connectivity index (χ1v) is 8.18. The molecule has 2 rings (SSSR count). The summed E-state index contributed by atoms with van der Waals surface area (Å²) in [6.45, 7) is 3.07. The third kappa shape index (κ3) is 4.53. The average Bonchev–Trinajstić information content (AvgIpc) is 2.61. The number of carboxylic acid groups (broad SMARTS) is 1. The molecule has 0 fully saturated rings. The first kappa shape index (κ1) is 19.3. The standard InChI is InChI=1S/C18H20FN3O4/c1-3-11(2)17(18(25)26)20-15(23)10-22-16(24)9-8-14(21-22)12-6-4-5-7-13(12)19/h4-9,11,17H,3,10H2,1-2H3,(H,20,23)(H,25,26). The molecule has 1 aromatic heterocycles. The zero-order valence-electron chi connectivity index (χ0n) is 14.5. The van der Waals surface area contributed by atoms with Crippen molar-refractivity contribution in [2.75, 3.05) is 0 Å². The highest BCUT2D eigenvalue weighted by molar-refractivity contribution is 5.83. The number of aliphatic carboxylic acids is 1. The number of amides is 1. The molecule has 0 aliphatic heterocycles. The molecule has 138 valence electrons. The van der Waals surface area contributed by atoms with Crippen LogP contribution < -0.4 is 10.9 Å². The molecule has 8 heteroatoms. The molecule has 0 radical (unpaired) electrons. The van der Waals surface area contributed by atoms with Crippen molar-refractivity contribution in [2.24, 2.45) is 5.92 Å². The molecule has 2 unspecified atom stereocenters. The Kier molecular flexibility index (Phi) is 6.21. The van der Waals surface area contributed by atoms with Gasteiger partial charge in [-0.15, -0.1) is 0 Å². The quantitative estimate of drug-likeness (QED) is 0.781. The Hall–Kier alpha value is -3.03. The normalized spacial score (nSPS) is 13.0. The Labute approximate surface area is 149 Å². The lowest BCUT2D eigenvalue weighted by Crippen LogP contribution is -2.47. The molecular weight excluding hydrogens is 341 g/mol. The summed E-state index contributed by atoms with van der Waals surface area (Å²) in [6, 6.07) is 7.44. The predicted octanol–water partition coefficient (Wildman–Crippen LogP) is 1.66. The Balaban J connectivity index is 2.22. The Morgan fingerprint density at radius 1 is 1.27 bits per heavy atom. The van der Waals surface area contributed by atoms with E-state index >= 15 is 0 Å². The fourth-order valence-corrected chi connectivity index (χ4v) is 2.41. The second-order valence-corrected chi connectivity index (χ2v) is 5.96. The average molecular weight is 361 g/mol. The maximum absolute atomic E-state index is 13.9. The van der Waals surface area contributed by atoms with Gasteiger partial charge in [-0.25, -0.2) is 13.9 Å². The number of carboxylic acids is 1. The van der Waals surface area contributed by atoms with Gasteiger partial charge in [0.2, 0.25) is 5.91 Å². The molecule has 0 bridgehead atoms. The van der Waals surface area contributed by atoms with Crippen LogP contribution in [0.5, 0.6) is 0 Å². The van der Waals surface area contributed by atoms with Gasteiger partial charge >= 0.3 is 5.97 Å². The van der Waals surface area contributed by atoms with E-state index < -0.39 is 35.8 Å². The fourth-order valence-electron chi connectivity index (χ4n) is 2.41. The summed E-state index contributed by atoms with van der Waals surface area (Å²) in [6.07, 6.45) is 0.568. The van der Waals surface area contributed by atoms with Crippen LogP contribution in [0.2, 0.25) is 0 Å². The Bertz CT molecular complexity index is 866. The van der Waals surface area contributed by atoms with Crippen LogP contribution in [-0.2, 0) is 16.1 Å². The molecule has 2 N–H and O–H groups in total. The first-order valence-electron chi connectivity index (χ1n) is 8.18. The van der Waals surface area contributed by atoms with E-state index in [2.05, 4.69) is 10.4 Å². The number of carbonyl (C=O) groups excluding carboxylic acids is 1. The van der Waals surface area contributed by atoms with Crippen LogP contribution in [0.25, 0.3) is 11.3 Å². The molecule has 7 nitrogen and oxygen atoms in total. The number of halogens is 1. The minimum absolute atomic E-state index is 0.199. The molecule has 2 atom stereocenters. The van der Waals surface area contributed by atoms with E-state index in [0.29, 0.717) is 6.42 Å². The molecule has 0 saturated heterocycles. The number of hydrogen-bond donors (Lipinski definition) is 2. The SMILES string of the molecule is CCC(C)C(NC(=O)Cn1nc(-c2ccccc2F)ccc1=O)C(=O)O. The van der Waals surface area contributed by atoms with Gasteiger partial charge in [0.25, 0.3) is 5.56 Å². The third-order valence-electron chi connectivity index (χ3n) is 4.11. The van der Waals surface area contributed by atoms with Crippen molar-refractivity contribution in [3.05, 3.63) is 52.6 Å². The van der Waals surface area contributed by atoms with Crippen LogP contribution in [0.15, 0.2) is 41.2 Å². The lowest BCUT2D eigenvalue weighted by molar-refractivity contribution is -0.143. The predicted molar refractivity (Wildman–Crippen MR) is 92.9 cm³/mol. The molecule has 1 aromatic carbocycles. The summed E-state index contributed by atoms with van der Waals surface area (Å²) in [7, 11) is 0. The van der Waals surface area contributed by atoms with Gasteiger partial charge in [-0.2, -0.15) is 5.10 Å². The highest BCUT2D eigenvalue weighted by atomic mass is 19.1. The van der Waals surface area contributed by atoms with E-state index in [9.17, 15) is 23.9 Å². The van der Waals surface area contributed by atoms with Crippen molar-refractivity contribution in [3.63, 3.8) is 0 Å². The number of nitrogens with zero attached hydrogens (tertiary/aromatic N) is 2. The van der Waals surface area contributed by atoms with Crippen molar-refractivity contribution in [1.29, 1.82) is 0 Å². The van der Waals surface area contributed by atoms with Crippen molar-refractivity contribution in [3.8, 4) is 11.3 Å². The molecule has 0 aliphatic rings. The smallest absolute Gasteiger partial charge is 0.326 e. The highest BCUT2D eigenvalue weighted by Gasteiger charge is 2.25.